The molecular formula is C101H52F18N6O18S3. The van der Waals surface area contributed by atoms with Gasteiger partial charge in [-0.15, -0.1) is 0 Å². The molecule has 13 aromatic carbocycles. The van der Waals surface area contributed by atoms with Crippen molar-refractivity contribution in [2.75, 3.05) is 29.4 Å². The smallest absolute Gasteiger partial charge is 0.268 e. The maximum Gasteiger partial charge on any atom is 0.411 e. The van der Waals surface area contributed by atoms with Gasteiger partial charge in [0.15, 0.2) is 0 Å². The van der Waals surface area contributed by atoms with E-state index in [9.17, 15) is 82.8 Å². The first-order valence-electron chi connectivity index (χ1n) is 42.4. The summed E-state index contributed by atoms with van der Waals surface area (Å²) in [7, 11) is -13.8. The minimum Gasteiger partial charge on any atom is -0.268 e. The van der Waals surface area contributed by atoms with Crippen LogP contribution in [-0.4, -0.2) is 133 Å². The number of sulfone groups is 3. The van der Waals surface area contributed by atoms with E-state index in [1.807, 2.05) is 0 Å². The summed E-state index contributed by atoms with van der Waals surface area (Å²) in [6.07, 6.45) is -38.0. The van der Waals surface area contributed by atoms with Gasteiger partial charge in [0, 0.05) is 0 Å². The summed E-state index contributed by atoms with van der Waals surface area (Å²) in [6, 6.07) is 35.0. The molecule has 0 radical (unpaired) electrons. The number of aryl methyl sites for hydroxylation is 1. The number of imide groups is 6. The lowest BCUT2D eigenvalue weighted by Gasteiger charge is -2.38. The lowest BCUT2D eigenvalue weighted by atomic mass is 9.71. The molecule has 0 bridgehead atoms. The van der Waals surface area contributed by atoms with Crippen molar-refractivity contribution in [1.82, 2.24) is 0 Å². The van der Waals surface area contributed by atoms with Gasteiger partial charge in [0.25, 0.3) is 70.9 Å². The first-order valence-corrected chi connectivity index (χ1v) is 46.9. The minimum atomic E-state index is -6.52. The van der Waals surface area contributed by atoms with Gasteiger partial charge in [0.2, 0.25) is 45.8 Å². The average Bonchev–Trinajstić information content (AvgIpc) is 1.28. The van der Waals surface area contributed by atoms with Crippen molar-refractivity contribution < 1.29 is 162 Å². The molecule has 6 heterocycles. The van der Waals surface area contributed by atoms with Gasteiger partial charge in [0.1, 0.15) is 0 Å². The lowest BCUT2D eigenvalue weighted by Crippen LogP contribution is -2.55. The summed E-state index contributed by atoms with van der Waals surface area (Å²) in [4.78, 5) is 167. The van der Waals surface area contributed by atoms with E-state index in [0.717, 1.165) is 127 Å². The number of anilines is 6. The number of hydrogen-bond acceptors (Lipinski definition) is 18. The van der Waals surface area contributed by atoms with Crippen LogP contribution in [0.2, 0.25) is 0 Å². The summed E-state index contributed by atoms with van der Waals surface area (Å²) in [5.74, 6) is -16.6. The molecule has 24 nitrogen and oxygen atoms in total. The molecule has 0 atom stereocenters. The molecule has 13 aromatic rings. The third-order valence-electron chi connectivity index (χ3n) is 26.2. The van der Waals surface area contributed by atoms with Crippen LogP contribution in [-0.2, 0) is 52.2 Å². The molecule has 6 aliphatic heterocycles. The third kappa shape index (κ3) is 14.3. The van der Waals surface area contributed by atoms with Crippen LogP contribution in [0.25, 0.3) is 0 Å². The molecular weight excluding hydrogens is 2020 g/mol. The lowest BCUT2D eigenvalue weighted by molar-refractivity contribution is -0.290. The van der Waals surface area contributed by atoms with E-state index in [-0.39, 0.29) is 103 Å². The quantitative estimate of drug-likeness (QED) is 0.0536. The molecule has 12 amide bonds. The first kappa shape index (κ1) is 98.1. The number of alkyl halides is 18. The fourth-order valence-electron chi connectivity index (χ4n) is 19.0. The molecule has 0 spiro atoms. The molecule has 0 unspecified atom stereocenters. The molecule has 0 N–H and O–H groups in total. The fourth-order valence-corrected chi connectivity index (χ4v) is 22.8. The number of carbonyl (C=O) groups excluding carboxylic acids is 12. The second kappa shape index (κ2) is 33.2. The largest absolute Gasteiger partial charge is 0.411 e. The van der Waals surface area contributed by atoms with Crippen LogP contribution in [0.3, 0.4) is 0 Å². The number of hydrogen-bond donors (Lipinski definition) is 0. The normalized spacial score (nSPS) is 15.5. The maximum absolute atomic E-state index is 16.0. The Kier molecular flexibility index (Phi) is 22.3. The predicted molar refractivity (Wildman–Crippen MR) is 475 cm³/mol. The maximum atomic E-state index is 16.0. The van der Waals surface area contributed by atoms with Crippen LogP contribution in [0, 0.1) is 0 Å². The average molecular weight is 2080 g/mol. The Bertz CT molecular complexity index is 8240. The van der Waals surface area contributed by atoms with Crippen LogP contribution in [0.1, 0.15) is 170 Å². The van der Waals surface area contributed by atoms with Crippen LogP contribution in [0.15, 0.2) is 314 Å². The first-order chi connectivity index (χ1) is 68.4. The molecule has 45 heteroatoms. The van der Waals surface area contributed by atoms with Crippen LogP contribution in [0.5, 0.6) is 0 Å². The zero-order valence-corrected chi connectivity index (χ0v) is 75.4. The van der Waals surface area contributed by atoms with Crippen molar-refractivity contribution in [3.05, 3.63) is 391 Å². The monoisotopic (exact) mass is 2070 g/mol. The van der Waals surface area contributed by atoms with Crippen molar-refractivity contribution in [2.45, 2.75) is 96.0 Å². The number of rotatable bonds is 19. The Hall–Kier alpha value is -16.7. The van der Waals surface area contributed by atoms with Crippen molar-refractivity contribution in [1.29, 1.82) is 0 Å². The highest BCUT2D eigenvalue weighted by Gasteiger charge is 2.76. The Morgan fingerprint density at radius 2 is 0.329 bits per heavy atom. The molecule has 0 aliphatic carbocycles. The molecule has 0 fully saturated rings. The van der Waals surface area contributed by atoms with E-state index < -0.39 is 296 Å². The van der Waals surface area contributed by atoms with Gasteiger partial charge in [-0.1, -0.05) is 73.7 Å². The SMILES string of the molecule is CCc1ccc(N2C(=O)c3ccc(C(c4ccc5c(c4)C(=O)N(c4ccc(S(=O)(=O)c6ccc(N7C(=O)c8ccc(C(c9ccc%10c(c9)C(=O)N(c9ccc(S(=O)(=O)c%11ccc(N%12C(=O)c%13ccc(C(c%14ccc%15c(c%14)C(=O)N(c%14ccc(S(=O)(=O)c%16ccccc%16)cc%14)C%15=O)(C(F)(F)F)C(F)(F)F)cc%13C%12=O)cc%11)cc9)C%10=O)(C(F)(F)F)C(F)(F)F)cc8C7=O)cc6)cc4)C5=O)(C(F)(F)F)C(F)(F)F)cc3C2=O)cc1. The van der Waals surface area contributed by atoms with Crippen LogP contribution < -0.4 is 29.4 Å². The third-order valence-corrected chi connectivity index (χ3v) is 31.5. The second-order valence-corrected chi connectivity index (χ2v) is 39.6. The van der Waals surface area contributed by atoms with E-state index in [1.54, 1.807) is 25.1 Å². The standard InChI is InChI=1S/C101H52F18N6O18S3/c1-2-50-8-16-57(17-9-50)120-81(126)69-38-10-51(44-75(69)87(120)132)93(96(102,103)104,97(105,106)107)52-11-40-71-77(45-52)89(134)122(83(71)128)59-20-30-65(31-21-59)145(140,141)66-34-24-61(25-35-66)124-85(130)73-42-14-55(48-79(73)91(124)136)95(100(114,115)116,101(117,118)119)56-15-43-74-80(49-56)92(137)125(86(74)131)62-26-36-68(37-27-62)146(142,143)67-32-22-60(23-33-67)123-84(129)72-41-13-54(47-78(72)90(123)135)94(98(108,109)110,99(111,112)113)53-12-39-70-76(46-53)88(133)121(82(70)127)58-18-28-64(29-19-58)144(138,139)63-6-4-3-5-7-63/h3-49H,2H2,1H3. The molecule has 19 rings (SSSR count). The second-order valence-electron chi connectivity index (χ2n) is 33.8. The van der Waals surface area contributed by atoms with Gasteiger partial charge in [-0.05, 0) is 264 Å². The molecule has 146 heavy (non-hydrogen) atoms. The van der Waals surface area contributed by atoms with E-state index in [2.05, 4.69) is 0 Å². The highest BCUT2D eigenvalue weighted by molar-refractivity contribution is 7.92. The number of carbonyl (C=O) groups is 12. The minimum absolute atomic E-state index is 0.0473. The summed E-state index contributed by atoms with van der Waals surface area (Å²) in [5, 5.41) is 0. The van der Waals surface area contributed by atoms with Crippen molar-refractivity contribution in [3.8, 4) is 0 Å². The van der Waals surface area contributed by atoms with Crippen molar-refractivity contribution in [3.63, 3.8) is 0 Å². The summed E-state index contributed by atoms with van der Waals surface area (Å²) < 4.78 is 368. The highest BCUT2D eigenvalue weighted by Crippen LogP contribution is 2.62. The Labute approximate surface area is 808 Å². The van der Waals surface area contributed by atoms with Gasteiger partial charge in [0.05, 0.1) is 130 Å². The van der Waals surface area contributed by atoms with Crippen LogP contribution in [0.4, 0.5) is 113 Å². The molecule has 0 saturated heterocycles. The molecule has 0 aromatic heterocycles. The van der Waals surface area contributed by atoms with E-state index in [0.29, 0.717) is 63.6 Å². The predicted octanol–water partition coefficient (Wildman–Crippen LogP) is 19.8. The van der Waals surface area contributed by atoms with Gasteiger partial charge >= 0.3 is 37.1 Å². The Morgan fingerprint density at radius 3 is 0.479 bits per heavy atom. The Morgan fingerprint density at radius 1 is 0.185 bits per heavy atom. The molecule has 738 valence electrons. The number of amides is 12. The number of benzene rings is 13. The number of fused-ring (bicyclic) bond motifs is 6. The highest BCUT2D eigenvalue weighted by atomic mass is 32.2. The van der Waals surface area contributed by atoms with Crippen molar-refractivity contribution >= 4 is 135 Å². The van der Waals surface area contributed by atoms with E-state index in [1.165, 1.54) is 36.4 Å². The zero-order chi connectivity index (χ0) is 105. The van der Waals surface area contributed by atoms with Crippen molar-refractivity contribution in [2.24, 2.45) is 0 Å². The zero-order valence-electron chi connectivity index (χ0n) is 72.9. The fraction of sp³-hybridized carbons (Fsp3) is 0.109. The number of halogens is 18. The summed E-state index contributed by atoms with van der Waals surface area (Å²) >= 11 is 0. The molecule has 0 saturated carbocycles. The Balaban J connectivity index is 0.529. The topological polar surface area (TPSA) is 327 Å². The van der Waals surface area contributed by atoms with E-state index in [4.69, 9.17) is 0 Å². The van der Waals surface area contributed by atoms with Gasteiger partial charge in [-0.25, -0.2) is 54.7 Å². The summed E-state index contributed by atoms with van der Waals surface area (Å²) in [5.41, 5.74) is -37.8. The van der Waals surface area contributed by atoms with Gasteiger partial charge < -0.3 is 0 Å². The van der Waals surface area contributed by atoms with Gasteiger partial charge in [-0.2, -0.15) is 79.0 Å². The van der Waals surface area contributed by atoms with Crippen LogP contribution >= 0.6 is 0 Å². The molecule has 6 aliphatic rings. The summed E-state index contributed by atoms with van der Waals surface area (Å²) in [6.45, 7) is 1.79. The van der Waals surface area contributed by atoms with E-state index >= 15 is 79.0 Å². The van der Waals surface area contributed by atoms with Gasteiger partial charge in [-0.3, -0.25) is 57.5 Å². The number of nitrogens with zero attached hydrogens (tertiary/aromatic N) is 6.